The first-order chi connectivity index (χ1) is 15.9. The summed E-state index contributed by atoms with van der Waals surface area (Å²) in [6.07, 6.45) is -16.7. The van der Waals surface area contributed by atoms with Crippen molar-refractivity contribution < 1.29 is 53.8 Å². The first-order valence-electron chi connectivity index (χ1n) is 9.05. The standard InChI is InChI=1S/C18H14F9N5O3/c1-15(18(25,26)27,35-7-8-5-3-2-4-6-8)14(34)32-31-13(33)9-12(28)30-11(17(22,23)24)10(29-9)16(19,20)21/h2-6H,7H2,1H3,(H2,28,30)(H,31,33)(H,32,34). The van der Waals surface area contributed by atoms with Gasteiger partial charge in [-0.15, -0.1) is 0 Å². The van der Waals surface area contributed by atoms with Crippen LogP contribution in [-0.4, -0.2) is 33.6 Å². The maximum Gasteiger partial charge on any atom is 0.435 e. The van der Waals surface area contributed by atoms with E-state index in [2.05, 4.69) is 9.97 Å². The van der Waals surface area contributed by atoms with E-state index in [9.17, 15) is 49.1 Å². The molecule has 4 N–H and O–H groups in total. The van der Waals surface area contributed by atoms with E-state index in [0.29, 0.717) is 6.92 Å². The Balaban J connectivity index is 2.27. The van der Waals surface area contributed by atoms with Crippen LogP contribution in [0.5, 0.6) is 0 Å². The van der Waals surface area contributed by atoms with Crippen molar-refractivity contribution >= 4 is 17.6 Å². The SMILES string of the molecule is CC(OCc1ccccc1)(C(=O)NNC(=O)c1nc(C(F)(F)F)c(C(F)(F)F)nc1N)C(F)(F)F. The van der Waals surface area contributed by atoms with Gasteiger partial charge in [-0.25, -0.2) is 9.97 Å². The number of hydrogen-bond donors (Lipinski definition) is 3. The van der Waals surface area contributed by atoms with Gasteiger partial charge in [0.2, 0.25) is 5.60 Å². The van der Waals surface area contributed by atoms with E-state index in [-0.39, 0.29) is 5.56 Å². The van der Waals surface area contributed by atoms with E-state index in [1.807, 2.05) is 0 Å². The van der Waals surface area contributed by atoms with Crippen LogP contribution < -0.4 is 16.6 Å². The van der Waals surface area contributed by atoms with E-state index < -0.39 is 65.5 Å². The molecule has 2 rings (SSSR count). The van der Waals surface area contributed by atoms with Gasteiger partial charge < -0.3 is 10.5 Å². The minimum atomic E-state index is -5.73. The molecule has 1 atom stereocenters. The number of hydrogen-bond acceptors (Lipinski definition) is 6. The fourth-order valence-corrected chi connectivity index (χ4v) is 2.38. The molecule has 1 aromatic heterocycles. The van der Waals surface area contributed by atoms with E-state index in [0.717, 1.165) is 0 Å². The molecule has 35 heavy (non-hydrogen) atoms. The summed E-state index contributed by atoms with van der Waals surface area (Å²) < 4.78 is 123. The molecule has 0 saturated carbocycles. The van der Waals surface area contributed by atoms with Crippen LogP contribution in [0.4, 0.5) is 45.3 Å². The van der Waals surface area contributed by atoms with Crippen molar-refractivity contribution in [3.8, 4) is 0 Å². The molecule has 0 saturated heterocycles. The fourth-order valence-electron chi connectivity index (χ4n) is 2.38. The highest BCUT2D eigenvalue weighted by Gasteiger charge is 2.58. The molecule has 1 heterocycles. The Morgan fingerprint density at radius 2 is 1.40 bits per heavy atom. The summed E-state index contributed by atoms with van der Waals surface area (Å²) in [5.41, 5.74) is -2.35. The average Bonchev–Trinajstić information content (AvgIpc) is 2.73. The van der Waals surface area contributed by atoms with Gasteiger partial charge >= 0.3 is 18.5 Å². The van der Waals surface area contributed by atoms with Crippen molar-refractivity contribution in [1.82, 2.24) is 20.8 Å². The Labute approximate surface area is 189 Å². The van der Waals surface area contributed by atoms with Gasteiger partial charge in [-0.3, -0.25) is 20.4 Å². The third-order valence-corrected chi connectivity index (χ3v) is 4.31. The lowest BCUT2D eigenvalue weighted by Crippen LogP contribution is -2.60. The van der Waals surface area contributed by atoms with Crippen molar-refractivity contribution in [2.75, 3.05) is 5.73 Å². The average molecular weight is 519 g/mol. The van der Waals surface area contributed by atoms with Crippen molar-refractivity contribution in [2.24, 2.45) is 0 Å². The molecule has 2 amide bonds. The lowest BCUT2D eigenvalue weighted by Gasteiger charge is -2.30. The molecule has 8 nitrogen and oxygen atoms in total. The van der Waals surface area contributed by atoms with Crippen LogP contribution in [0.15, 0.2) is 30.3 Å². The second-order valence-electron chi connectivity index (χ2n) is 6.86. The minimum Gasteiger partial charge on any atom is -0.382 e. The zero-order valence-corrected chi connectivity index (χ0v) is 17.2. The highest BCUT2D eigenvalue weighted by Crippen LogP contribution is 2.39. The summed E-state index contributed by atoms with van der Waals surface area (Å²) >= 11 is 0. The third-order valence-electron chi connectivity index (χ3n) is 4.31. The van der Waals surface area contributed by atoms with Gasteiger partial charge in [-0.05, 0) is 12.5 Å². The second kappa shape index (κ2) is 9.55. The molecule has 0 aliphatic heterocycles. The van der Waals surface area contributed by atoms with Crippen molar-refractivity contribution in [3.63, 3.8) is 0 Å². The predicted molar refractivity (Wildman–Crippen MR) is 97.7 cm³/mol. The Kier molecular flexibility index (Phi) is 7.54. The normalized spacial score (nSPS) is 14.2. The Hall–Kier alpha value is -3.63. The number of aromatic nitrogens is 2. The number of alkyl halides is 9. The van der Waals surface area contributed by atoms with Crippen molar-refractivity contribution in [2.45, 2.75) is 37.7 Å². The number of halogens is 9. The first kappa shape index (κ1) is 27.6. The number of ether oxygens (including phenoxy) is 1. The van der Waals surface area contributed by atoms with Gasteiger partial charge in [-0.2, -0.15) is 39.5 Å². The Morgan fingerprint density at radius 1 is 0.886 bits per heavy atom. The number of hydrazine groups is 1. The molecular weight excluding hydrogens is 505 g/mol. The summed E-state index contributed by atoms with van der Waals surface area (Å²) in [4.78, 5) is 29.3. The van der Waals surface area contributed by atoms with Crippen molar-refractivity contribution in [3.05, 3.63) is 53.0 Å². The smallest absolute Gasteiger partial charge is 0.382 e. The van der Waals surface area contributed by atoms with Gasteiger partial charge in [0.25, 0.3) is 11.8 Å². The van der Waals surface area contributed by atoms with E-state index in [1.54, 1.807) is 6.07 Å². The molecular formula is C18H14F9N5O3. The topological polar surface area (TPSA) is 119 Å². The highest BCUT2D eigenvalue weighted by molar-refractivity contribution is 5.98. The quantitative estimate of drug-likeness (QED) is 0.412. The van der Waals surface area contributed by atoms with Crippen LogP contribution >= 0.6 is 0 Å². The van der Waals surface area contributed by atoms with Crippen LogP contribution in [0.3, 0.4) is 0 Å². The molecule has 0 bridgehead atoms. The highest BCUT2D eigenvalue weighted by atomic mass is 19.4. The molecule has 2 aromatic rings. The van der Waals surface area contributed by atoms with Crippen LogP contribution in [0.1, 0.15) is 34.4 Å². The number of anilines is 1. The van der Waals surface area contributed by atoms with Crippen molar-refractivity contribution in [1.29, 1.82) is 0 Å². The maximum absolute atomic E-state index is 13.5. The van der Waals surface area contributed by atoms with E-state index in [1.165, 1.54) is 35.1 Å². The van der Waals surface area contributed by atoms with Crippen LogP contribution in [0, 0.1) is 0 Å². The van der Waals surface area contributed by atoms with E-state index >= 15 is 0 Å². The molecule has 17 heteroatoms. The number of carbonyl (C=O) groups is 2. The van der Waals surface area contributed by atoms with Gasteiger partial charge in [0.1, 0.15) is 0 Å². The van der Waals surface area contributed by atoms with Gasteiger partial charge in [0.15, 0.2) is 22.9 Å². The van der Waals surface area contributed by atoms with Gasteiger partial charge in [-0.1, -0.05) is 30.3 Å². The van der Waals surface area contributed by atoms with Gasteiger partial charge in [0.05, 0.1) is 6.61 Å². The number of nitrogen functional groups attached to an aromatic ring is 1. The van der Waals surface area contributed by atoms with Crippen LogP contribution in [0.2, 0.25) is 0 Å². The predicted octanol–water partition coefficient (Wildman–Crippen LogP) is 3.40. The molecule has 0 aliphatic rings. The van der Waals surface area contributed by atoms with Crippen LogP contribution in [0.25, 0.3) is 0 Å². The monoisotopic (exact) mass is 519 g/mol. The molecule has 1 aromatic carbocycles. The lowest BCUT2D eigenvalue weighted by molar-refractivity contribution is -0.264. The molecule has 0 fully saturated rings. The lowest BCUT2D eigenvalue weighted by atomic mass is 10.1. The number of rotatable bonds is 5. The Morgan fingerprint density at radius 3 is 1.89 bits per heavy atom. The summed E-state index contributed by atoms with van der Waals surface area (Å²) in [7, 11) is 0. The summed E-state index contributed by atoms with van der Waals surface area (Å²) in [6.45, 7) is -0.393. The summed E-state index contributed by atoms with van der Waals surface area (Å²) in [5, 5.41) is 0. The molecule has 0 radical (unpaired) electrons. The number of nitrogens with two attached hydrogens (primary N) is 1. The summed E-state index contributed by atoms with van der Waals surface area (Å²) in [5.74, 6) is -5.32. The number of benzene rings is 1. The zero-order chi connectivity index (χ0) is 26.8. The third kappa shape index (κ3) is 6.28. The number of nitrogens with one attached hydrogen (secondary N) is 2. The first-order valence-corrected chi connectivity index (χ1v) is 9.05. The molecule has 1 unspecified atom stereocenters. The Bertz CT molecular complexity index is 1090. The largest absolute Gasteiger partial charge is 0.435 e. The number of amides is 2. The minimum absolute atomic E-state index is 0.243. The molecule has 192 valence electrons. The maximum atomic E-state index is 13.5. The van der Waals surface area contributed by atoms with E-state index in [4.69, 9.17) is 10.5 Å². The number of carbonyl (C=O) groups excluding carboxylic acids is 2. The summed E-state index contributed by atoms with van der Waals surface area (Å²) in [6, 6.07) is 7.31. The molecule has 0 spiro atoms. The van der Waals surface area contributed by atoms with Gasteiger partial charge in [0, 0.05) is 0 Å². The van der Waals surface area contributed by atoms with Crippen LogP contribution in [-0.2, 0) is 28.5 Å². The zero-order valence-electron chi connectivity index (χ0n) is 17.2. The number of nitrogens with zero attached hydrogens (tertiary/aromatic N) is 2. The fraction of sp³-hybridized carbons (Fsp3) is 0.333. The second-order valence-corrected chi connectivity index (χ2v) is 6.86. The molecule has 0 aliphatic carbocycles.